The quantitative estimate of drug-likeness (QED) is 0.661. The average Bonchev–Trinajstić information content (AvgIpc) is 3.31. The van der Waals surface area contributed by atoms with Crippen LogP contribution in [0.4, 0.5) is 0 Å². The highest BCUT2D eigenvalue weighted by Gasteiger charge is 2.30. The number of aryl methyl sites for hydroxylation is 2. The molecule has 28 heavy (non-hydrogen) atoms. The summed E-state index contributed by atoms with van der Waals surface area (Å²) in [5.74, 6) is 0.776. The van der Waals surface area contributed by atoms with Crippen LogP contribution in [0, 0.1) is 18.6 Å². The lowest BCUT2D eigenvalue weighted by Gasteiger charge is -2.25. The number of carbonyl (C=O) groups is 1. The van der Waals surface area contributed by atoms with Gasteiger partial charge < -0.3 is 4.90 Å². The third-order valence-electron chi connectivity index (χ3n) is 5.40. The van der Waals surface area contributed by atoms with E-state index in [0.717, 1.165) is 24.9 Å². The number of benzene rings is 2. The molecule has 1 aliphatic heterocycles. The Balaban J connectivity index is 1.58. The molecule has 1 N–H and O–H groups in total. The van der Waals surface area contributed by atoms with E-state index >= 15 is 0 Å². The summed E-state index contributed by atoms with van der Waals surface area (Å²) in [6.45, 7) is 5.10. The number of hydrogen-bond acceptors (Lipinski definition) is 3. The molecule has 0 bridgehead atoms. The lowest BCUT2D eigenvalue weighted by atomic mass is 10.0. The number of amides is 1. The lowest BCUT2D eigenvalue weighted by molar-refractivity contribution is -0.132. The Morgan fingerprint density at radius 1 is 1.11 bits per heavy atom. The van der Waals surface area contributed by atoms with Gasteiger partial charge in [-0.25, -0.2) is 0 Å². The summed E-state index contributed by atoms with van der Waals surface area (Å²) in [7, 11) is 0. The van der Waals surface area contributed by atoms with Crippen LogP contribution >= 0.6 is 12.2 Å². The Labute approximate surface area is 170 Å². The molecule has 1 aromatic heterocycles. The zero-order valence-electron chi connectivity index (χ0n) is 16.2. The molecule has 0 aliphatic carbocycles. The second-order valence-electron chi connectivity index (χ2n) is 7.46. The van der Waals surface area contributed by atoms with Crippen molar-refractivity contribution >= 4 is 18.1 Å². The molecule has 1 amide bonds. The van der Waals surface area contributed by atoms with Crippen molar-refractivity contribution in [3.05, 3.63) is 70.0 Å². The maximum atomic E-state index is 13.2. The predicted molar refractivity (Wildman–Crippen MR) is 112 cm³/mol. The SMILES string of the molecule is Cc1ccc(-c2n[nH]c(=S)n2CC(=O)N2CCCC2c2ccc(C)cc2)cc1. The van der Waals surface area contributed by atoms with E-state index in [9.17, 15) is 4.79 Å². The minimum atomic E-state index is 0.0777. The molecule has 2 heterocycles. The van der Waals surface area contributed by atoms with Gasteiger partial charge in [0.05, 0.1) is 6.04 Å². The van der Waals surface area contributed by atoms with E-state index in [1.54, 1.807) is 4.57 Å². The molecule has 2 aromatic carbocycles. The maximum Gasteiger partial charge on any atom is 0.243 e. The van der Waals surface area contributed by atoms with Crippen LogP contribution in [-0.4, -0.2) is 32.1 Å². The van der Waals surface area contributed by atoms with E-state index < -0.39 is 0 Å². The number of rotatable bonds is 4. The van der Waals surface area contributed by atoms with E-state index in [4.69, 9.17) is 12.2 Å². The molecule has 1 aliphatic rings. The second kappa shape index (κ2) is 7.72. The van der Waals surface area contributed by atoms with Gasteiger partial charge in [-0.1, -0.05) is 59.7 Å². The minimum absolute atomic E-state index is 0.0777. The standard InChI is InChI=1S/C22H24N4OS/c1-15-5-9-17(10-6-15)19-4-3-13-25(19)20(27)14-26-21(23-24-22(26)28)18-11-7-16(2)8-12-18/h5-12,19H,3-4,13-14H2,1-2H3,(H,24,28). The maximum absolute atomic E-state index is 13.2. The average molecular weight is 393 g/mol. The van der Waals surface area contributed by atoms with Crippen LogP contribution in [0.15, 0.2) is 48.5 Å². The van der Waals surface area contributed by atoms with E-state index in [1.165, 1.54) is 16.7 Å². The molecule has 5 nitrogen and oxygen atoms in total. The van der Waals surface area contributed by atoms with Crippen LogP contribution in [0.3, 0.4) is 0 Å². The van der Waals surface area contributed by atoms with E-state index in [-0.39, 0.29) is 18.5 Å². The van der Waals surface area contributed by atoms with Gasteiger partial charge in [-0.3, -0.25) is 14.5 Å². The third kappa shape index (κ3) is 3.64. The van der Waals surface area contributed by atoms with E-state index in [1.807, 2.05) is 36.1 Å². The normalized spacial score (nSPS) is 16.5. The second-order valence-corrected chi connectivity index (χ2v) is 7.85. The summed E-state index contributed by atoms with van der Waals surface area (Å²) < 4.78 is 2.27. The fourth-order valence-corrected chi connectivity index (χ4v) is 4.01. The smallest absolute Gasteiger partial charge is 0.243 e. The molecule has 0 saturated carbocycles. The first kappa shape index (κ1) is 18.6. The van der Waals surface area contributed by atoms with Gasteiger partial charge in [0.1, 0.15) is 6.54 Å². The van der Waals surface area contributed by atoms with Crippen LogP contribution in [0.5, 0.6) is 0 Å². The van der Waals surface area contributed by atoms with Crippen LogP contribution in [0.2, 0.25) is 0 Å². The first-order valence-electron chi connectivity index (χ1n) is 9.61. The molecule has 3 aromatic rings. The molecule has 1 atom stereocenters. The van der Waals surface area contributed by atoms with Crippen LogP contribution in [0.25, 0.3) is 11.4 Å². The first-order chi connectivity index (χ1) is 13.5. The van der Waals surface area contributed by atoms with Crippen LogP contribution < -0.4 is 0 Å². The van der Waals surface area contributed by atoms with Gasteiger partial charge in [-0.05, 0) is 44.5 Å². The number of H-pyrrole nitrogens is 1. The topological polar surface area (TPSA) is 53.9 Å². The summed E-state index contributed by atoms with van der Waals surface area (Å²) in [5.41, 5.74) is 4.55. The Morgan fingerprint density at radius 3 is 2.43 bits per heavy atom. The number of nitrogens with zero attached hydrogens (tertiary/aromatic N) is 3. The van der Waals surface area contributed by atoms with Crippen molar-refractivity contribution in [3.8, 4) is 11.4 Å². The van der Waals surface area contributed by atoms with Crippen molar-refractivity contribution in [1.82, 2.24) is 19.7 Å². The van der Waals surface area contributed by atoms with Gasteiger partial charge >= 0.3 is 0 Å². The minimum Gasteiger partial charge on any atom is -0.334 e. The zero-order valence-corrected chi connectivity index (χ0v) is 17.0. The van der Waals surface area contributed by atoms with Crippen molar-refractivity contribution in [3.63, 3.8) is 0 Å². The number of aromatic nitrogens is 3. The number of nitrogens with one attached hydrogen (secondary N) is 1. The van der Waals surface area contributed by atoms with Gasteiger partial charge in [-0.2, -0.15) is 5.10 Å². The molecule has 1 fully saturated rings. The van der Waals surface area contributed by atoms with Crippen molar-refractivity contribution in [2.45, 2.75) is 39.3 Å². The van der Waals surface area contributed by atoms with Gasteiger partial charge in [0.2, 0.25) is 5.91 Å². The molecule has 1 unspecified atom stereocenters. The fourth-order valence-electron chi connectivity index (χ4n) is 3.81. The van der Waals surface area contributed by atoms with Crippen molar-refractivity contribution in [2.24, 2.45) is 0 Å². The largest absolute Gasteiger partial charge is 0.334 e. The molecule has 4 rings (SSSR count). The Morgan fingerprint density at radius 2 is 1.75 bits per heavy atom. The summed E-state index contributed by atoms with van der Waals surface area (Å²) in [5, 5.41) is 7.20. The summed E-state index contributed by atoms with van der Waals surface area (Å²) in [6.07, 6.45) is 2.02. The fraction of sp³-hybridized carbons (Fsp3) is 0.318. The van der Waals surface area contributed by atoms with E-state index in [2.05, 4.69) is 41.4 Å². The molecular formula is C22H24N4OS. The van der Waals surface area contributed by atoms with Gasteiger partial charge in [0.25, 0.3) is 0 Å². The number of aromatic amines is 1. The molecule has 0 radical (unpaired) electrons. The number of carbonyl (C=O) groups excluding carboxylic acids is 1. The van der Waals surface area contributed by atoms with Crippen LogP contribution in [0.1, 0.15) is 35.6 Å². The molecule has 6 heteroatoms. The van der Waals surface area contributed by atoms with Crippen molar-refractivity contribution < 1.29 is 4.79 Å². The van der Waals surface area contributed by atoms with Crippen LogP contribution in [-0.2, 0) is 11.3 Å². The highest BCUT2D eigenvalue weighted by molar-refractivity contribution is 7.71. The third-order valence-corrected chi connectivity index (χ3v) is 5.71. The lowest BCUT2D eigenvalue weighted by Crippen LogP contribution is -2.33. The summed E-state index contributed by atoms with van der Waals surface area (Å²) in [4.78, 5) is 15.2. The van der Waals surface area contributed by atoms with Gasteiger partial charge in [0.15, 0.2) is 10.6 Å². The summed E-state index contributed by atoms with van der Waals surface area (Å²) in [6, 6.07) is 16.7. The summed E-state index contributed by atoms with van der Waals surface area (Å²) >= 11 is 5.40. The van der Waals surface area contributed by atoms with Crippen molar-refractivity contribution in [1.29, 1.82) is 0 Å². The predicted octanol–water partition coefficient (Wildman–Crippen LogP) is 4.59. The highest BCUT2D eigenvalue weighted by Crippen LogP contribution is 2.32. The van der Waals surface area contributed by atoms with E-state index in [0.29, 0.717) is 10.6 Å². The number of hydrogen-bond donors (Lipinski definition) is 1. The Kier molecular flexibility index (Phi) is 5.13. The Hall–Kier alpha value is -2.73. The molecular weight excluding hydrogens is 368 g/mol. The molecule has 0 spiro atoms. The zero-order chi connectivity index (χ0) is 19.7. The highest BCUT2D eigenvalue weighted by atomic mass is 32.1. The monoisotopic (exact) mass is 392 g/mol. The van der Waals surface area contributed by atoms with Gasteiger partial charge in [0, 0.05) is 12.1 Å². The molecule has 1 saturated heterocycles. The first-order valence-corrected chi connectivity index (χ1v) is 10.0. The Bertz CT molecular complexity index is 1030. The number of likely N-dealkylation sites (tertiary alicyclic amines) is 1. The van der Waals surface area contributed by atoms with Crippen molar-refractivity contribution in [2.75, 3.05) is 6.54 Å². The molecule has 144 valence electrons. The van der Waals surface area contributed by atoms with Gasteiger partial charge in [-0.15, -0.1) is 0 Å².